The Kier molecular flexibility index (Phi) is 4.00. The van der Waals surface area contributed by atoms with Crippen LogP contribution in [0, 0.1) is 0 Å². The van der Waals surface area contributed by atoms with E-state index in [4.69, 9.17) is 34.8 Å². The molecule has 0 aromatic heterocycles. The fraction of sp³-hybridized carbons (Fsp3) is 0.0769. The Morgan fingerprint density at radius 3 is 1.74 bits per heavy atom. The molecule has 0 heterocycles. The minimum absolute atomic E-state index is 0.280. The van der Waals surface area contributed by atoms with Gasteiger partial charge in [0.2, 0.25) is 0 Å². The average Bonchev–Trinajstić information content (AvgIpc) is 2.32. The summed E-state index contributed by atoms with van der Waals surface area (Å²) in [6, 6.07) is 8.33. The molecule has 0 amide bonds. The number of rotatable bonds is 1. The summed E-state index contributed by atoms with van der Waals surface area (Å²) >= 11 is 17.2. The second-order valence-electron chi connectivity index (χ2n) is 3.82. The van der Waals surface area contributed by atoms with Crippen LogP contribution in [0.4, 0.5) is 13.2 Å². The van der Waals surface area contributed by atoms with Crippen LogP contribution in [0.1, 0.15) is 5.56 Å². The van der Waals surface area contributed by atoms with Crippen LogP contribution in [-0.4, -0.2) is 0 Å². The molecule has 0 bridgehead atoms. The zero-order valence-electron chi connectivity index (χ0n) is 9.23. The SMILES string of the molecule is FC(F)(F)c1cc(-c2ccc(Cl)c(Cl)c2)ccc1Cl. The second-order valence-corrected chi connectivity index (χ2v) is 5.04. The molecule has 0 aliphatic carbocycles. The molecule has 6 heteroatoms. The van der Waals surface area contributed by atoms with Crippen molar-refractivity contribution in [3.05, 3.63) is 57.0 Å². The van der Waals surface area contributed by atoms with Crippen LogP contribution < -0.4 is 0 Å². The Morgan fingerprint density at radius 2 is 1.21 bits per heavy atom. The Hall–Kier alpha value is -0.900. The normalized spacial score (nSPS) is 11.7. The molecule has 0 unspecified atom stereocenters. The van der Waals surface area contributed by atoms with Crippen molar-refractivity contribution < 1.29 is 13.2 Å². The lowest BCUT2D eigenvalue weighted by Crippen LogP contribution is -2.05. The molecule has 0 radical (unpaired) electrons. The monoisotopic (exact) mass is 324 g/mol. The molecule has 2 aromatic rings. The van der Waals surface area contributed by atoms with Crippen LogP contribution >= 0.6 is 34.8 Å². The lowest BCUT2D eigenvalue weighted by atomic mass is 10.0. The van der Waals surface area contributed by atoms with Crippen molar-refractivity contribution in [2.75, 3.05) is 0 Å². The van der Waals surface area contributed by atoms with E-state index in [1.54, 1.807) is 6.07 Å². The lowest BCUT2D eigenvalue weighted by molar-refractivity contribution is -0.137. The van der Waals surface area contributed by atoms with E-state index in [1.807, 2.05) is 0 Å². The highest BCUT2D eigenvalue weighted by Crippen LogP contribution is 2.38. The van der Waals surface area contributed by atoms with Gasteiger partial charge in [0.15, 0.2) is 0 Å². The molecular weight excluding hydrogens is 319 g/mol. The van der Waals surface area contributed by atoms with E-state index in [-0.39, 0.29) is 10.0 Å². The van der Waals surface area contributed by atoms with E-state index < -0.39 is 11.7 Å². The van der Waals surface area contributed by atoms with Crippen LogP contribution in [0.25, 0.3) is 11.1 Å². The van der Waals surface area contributed by atoms with E-state index in [1.165, 1.54) is 24.3 Å². The van der Waals surface area contributed by atoms with Gasteiger partial charge in [-0.3, -0.25) is 0 Å². The van der Waals surface area contributed by atoms with Gasteiger partial charge in [0.25, 0.3) is 0 Å². The van der Waals surface area contributed by atoms with Gasteiger partial charge in [-0.2, -0.15) is 13.2 Å². The summed E-state index contributed by atoms with van der Waals surface area (Å²) in [6.07, 6.45) is -4.50. The number of hydrogen-bond donors (Lipinski definition) is 0. The van der Waals surface area contributed by atoms with Crippen molar-refractivity contribution in [2.45, 2.75) is 6.18 Å². The topological polar surface area (TPSA) is 0 Å². The van der Waals surface area contributed by atoms with Gasteiger partial charge >= 0.3 is 6.18 Å². The smallest absolute Gasteiger partial charge is 0.166 e. The van der Waals surface area contributed by atoms with Crippen LogP contribution in [0.2, 0.25) is 15.1 Å². The highest BCUT2D eigenvalue weighted by molar-refractivity contribution is 6.42. The Bertz CT molecular complexity index is 621. The molecule has 0 spiro atoms. The molecule has 0 nitrogen and oxygen atoms in total. The van der Waals surface area contributed by atoms with Crippen LogP contribution in [0.15, 0.2) is 36.4 Å². The van der Waals surface area contributed by atoms with Crippen molar-refractivity contribution in [1.82, 2.24) is 0 Å². The Balaban J connectivity index is 2.54. The molecule has 0 atom stereocenters. The summed E-state index contributed by atoms with van der Waals surface area (Å²) in [4.78, 5) is 0. The molecule has 2 rings (SSSR count). The summed E-state index contributed by atoms with van der Waals surface area (Å²) < 4.78 is 38.3. The molecule has 2 aromatic carbocycles. The lowest BCUT2D eigenvalue weighted by Gasteiger charge is -2.11. The van der Waals surface area contributed by atoms with E-state index >= 15 is 0 Å². The average molecular weight is 326 g/mol. The van der Waals surface area contributed by atoms with Gasteiger partial charge in [0.05, 0.1) is 20.6 Å². The largest absolute Gasteiger partial charge is 0.417 e. The fourth-order valence-corrected chi connectivity index (χ4v) is 2.12. The highest BCUT2D eigenvalue weighted by atomic mass is 35.5. The molecule has 0 fully saturated rings. The predicted molar refractivity (Wildman–Crippen MR) is 71.9 cm³/mol. The maximum atomic E-state index is 12.8. The van der Waals surface area contributed by atoms with Crippen molar-refractivity contribution >= 4 is 34.8 Å². The summed E-state index contributed by atoms with van der Waals surface area (Å²) in [5.74, 6) is 0. The van der Waals surface area contributed by atoms with E-state index in [0.29, 0.717) is 16.1 Å². The van der Waals surface area contributed by atoms with Gasteiger partial charge in [-0.1, -0.05) is 46.9 Å². The molecule has 0 N–H and O–H groups in total. The zero-order valence-corrected chi connectivity index (χ0v) is 11.5. The number of hydrogen-bond acceptors (Lipinski definition) is 0. The standard InChI is InChI=1S/C13H6Cl3F3/c14-10-3-1-7(5-9(10)13(17,18)19)8-2-4-11(15)12(16)6-8/h1-6H. The number of benzene rings is 2. The van der Waals surface area contributed by atoms with Crippen molar-refractivity contribution in [1.29, 1.82) is 0 Å². The molecule has 0 aliphatic heterocycles. The predicted octanol–water partition coefficient (Wildman–Crippen LogP) is 6.33. The molecule has 0 saturated heterocycles. The quantitative estimate of drug-likeness (QED) is 0.574. The molecule has 0 aliphatic rings. The number of halogens is 6. The highest BCUT2D eigenvalue weighted by Gasteiger charge is 2.33. The van der Waals surface area contributed by atoms with E-state index in [9.17, 15) is 13.2 Å². The van der Waals surface area contributed by atoms with Crippen LogP contribution in [-0.2, 0) is 6.18 Å². The summed E-state index contributed by atoms with van der Waals surface area (Å²) in [7, 11) is 0. The van der Waals surface area contributed by atoms with Crippen LogP contribution in [0.3, 0.4) is 0 Å². The fourth-order valence-electron chi connectivity index (χ4n) is 1.60. The van der Waals surface area contributed by atoms with E-state index in [0.717, 1.165) is 6.07 Å². The van der Waals surface area contributed by atoms with Gasteiger partial charge in [0.1, 0.15) is 0 Å². The third-order valence-electron chi connectivity index (χ3n) is 2.52. The van der Waals surface area contributed by atoms with Crippen molar-refractivity contribution in [2.24, 2.45) is 0 Å². The molecule has 100 valence electrons. The first-order valence-electron chi connectivity index (χ1n) is 5.11. The first-order chi connectivity index (χ1) is 8.79. The van der Waals surface area contributed by atoms with Gasteiger partial charge in [-0.15, -0.1) is 0 Å². The van der Waals surface area contributed by atoms with Crippen LogP contribution in [0.5, 0.6) is 0 Å². The first-order valence-corrected chi connectivity index (χ1v) is 6.24. The first kappa shape index (κ1) is 14.5. The van der Waals surface area contributed by atoms with E-state index in [2.05, 4.69) is 0 Å². The Labute approximate surface area is 122 Å². The molecular formula is C13H6Cl3F3. The minimum atomic E-state index is -4.50. The van der Waals surface area contributed by atoms with Gasteiger partial charge < -0.3 is 0 Å². The summed E-state index contributed by atoms with van der Waals surface area (Å²) in [5, 5.41) is 0.286. The maximum absolute atomic E-state index is 12.8. The second kappa shape index (κ2) is 5.23. The summed E-state index contributed by atoms with van der Waals surface area (Å²) in [5.41, 5.74) is 0.0320. The molecule has 0 saturated carbocycles. The van der Waals surface area contributed by atoms with Crippen molar-refractivity contribution in [3.8, 4) is 11.1 Å². The minimum Gasteiger partial charge on any atom is -0.166 e. The Morgan fingerprint density at radius 1 is 0.684 bits per heavy atom. The van der Waals surface area contributed by atoms with Gasteiger partial charge in [0, 0.05) is 0 Å². The maximum Gasteiger partial charge on any atom is 0.417 e. The number of alkyl halides is 3. The zero-order chi connectivity index (χ0) is 14.2. The van der Waals surface area contributed by atoms with Crippen molar-refractivity contribution in [3.63, 3.8) is 0 Å². The van der Waals surface area contributed by atoms with Gasteiger partial charge in [-0.05, 0) is 35.4 Å². The summed E-state index contributed by atoms with van der Waals surface area (Å²) in [6.45, 7) is 0. The molecule has 19 heavy (non-hydrogen) atoms. The van der Waals surface area contributed by atoms with Gasteiger partial charge in [-0.25, -0.2) is 0 Å². The third-order valence-corrected chi connectivity index (χ3v) is 3.59. The third kappa shape index (κ3) is 3.16.